The fraction of sp³-hybridized carbons (Fsp3) is 0.250. The van der Waals surface area contributed by atoms with Crippen molar-refractivity contribution in [2.24, 2.45) is 0 Å². The van der Waals surface area contributed by atoms with E-state index in [0.29, 0.717) is 6.07 Å². The highest BCUT2D eigenvalue weighted by molar-refractivity contribution is 6.30. The molecule has 0 heterocycles. The first-order chi connectivity index (χ1) is 7.54. The first-order valence-electron chi connectivity index (χ1n) is 3.82. The number of benzene rings is 1. The summed E-state index contributed by atoms with van der Waals surface area (Å²) in [6.07, 6.45) is -11.7. The fourth-order valence-corrected chi connectivity index (χ4v) is 1.000. The normalized spacial score (nSPS) is 12.7. The molecule has 0 radical (unpaired) electrons. The van der Waals surface area contributed by atoms with E-state index in [-0.39, 0.29) is 6.07 Å². The van der Waals surface area contributed by atoms with Crippen LogP contribution in [0.15, 0.2) is 12.1 Å². The average molecular weight is 283 g/mol. The molecule has 0 spiro atoms. The Kier molecular flexibility index (Phi) is 3.47. The van der Waals surface area contributed by atoms with Crippen molar-refractivity contribution in [3.8, 4) is 5.75 Å². The van der Waals surface area contributed by atoms with Crippen molar-refractivity contribution in [3.05, 3.63) is 28.8 Å². The minimum absolute atomic E-state index is 0.0286. The lowest BCUT2D eigenvalue weighted by Gasteiger charge is -2.20. The molecule has 96 valence electrons. The van der Waals surface area contributed by atoms with Crippen molar-refractivity contribution in [1.82, 2.24) is 0 Å². The van der Waals surface area contributed by atoms with E-state index in [2.05, 4.69) is 4.74 Å². The lowest BCUT2D eigenvalue weighted by atomic mass is 10.3. The highest BCUT2D eigenvalue weighted by atomic mass is 35.5. The van der Waals surface area contributed by atoms with E-state index in [1.807, 2.05) is 0 Å². The summed E-state index contributed by atoms with van der Waals surface area (Å²) < 4.78 is 88.6. The van der Waals surface area contributed by atoms with Crippen molar-refractivity contribution in [3.63, 3.8) is 0 Å². The van der Waals surface area contributed by atoms with Gasteiger partial charge in [-0.25, -0.2) is 8.78 Å². The maximum Gasteiger partial charge on any atom is 0.499 e. The maximum absolute atomic E-state index is 13.0. The van der Waals surface area contributed by atoms with Gasteiger partial charge in [0.05, 0.1) is 5.02 Å². The lowest BCUT2D eigenvalue weighted by Crippen LogP contribution is -2.42. The molecule has 0 unspecified atom stereocenters. The van der Waals surface area contributed by atoms with Crippen molar-refractivity contribution in [2.75, 3.05) is 0 Å². The number of ether oxygens (including phenoxy) is 1. The molecule has 0 aliphatic heterocycles. The molecule has 17 heavy (non-hydrogen) atoms. The quantitative estimate of drug-likeness (QED) is 0.585. The standard InChI is InChI=1S/C8H2ClF7O/c9-4-1-3(10)2-5(6(4)11)17-8(15,16)7(12,13)14/h1-2H. The van der Waals surface area contributed by atoms with Crippen LogP contribution < -0.4 is 4.74 Å². The Morgan fingerprint density at radius 3 is 2.00 bits per heavy atom. The average Bonchev–Trinajstić information content (AvgIpc) is 2.11. The van der Waals surface area contributed by atoms with Crippen LogP contribution in [0.4, 0.5) is 30.7 Å². The van der Waals surface area contributed by atoms with Gasteiger partial charge in [0.15, 0.2) is 11.6 Å². The topological polar surface area (TPSA) is 9.23 Å². The number of hydrogen-bond donors (Lipinski definition) is 0. The minimum atomic E-state index is -6.06. The van der Waals surface area contributed by atoms with Crippen LogP contribution in [0, 0.1) is 11.6 Å². The van der Waals surface area contributed by atoms with Crippen molar-refractivity contribution in [2.45, 2.75) is 12.3 Å². The molecule has 0 fully saturated rings. The second-order valence-electron chi connectivity index (χ2n) is 2.82. The molecule has 0 aliphatic rings. The van der Waals surface area contributed by atoms with Gasteiger partial charge in [-0.2, -0.15) is 22.0 Å². The molecule has 0 saturated heterocycles. The Hall–Kier alpha value is -1.18. The molecule has 1 aromatic rings. The number of halogens is 8. The molecule has 9 heteroatoms. The summed E-state index contributed by atoms with van der Waals surface area (Å²) in [6.45, 7) is 0. The predicted molar refractivity (Wildman–Crippen MR) is 43.0 cm³/mol. The third-order valence-corrected chi connectivity index (χ3v) is 1.80. The third kappa shape index (κ3) is 2.93. The SMILES string of the molecule is Fc1cc(Cl)c(F)c(OC(F)(F)C(F)(F)F)c1. The van der Waals surface area contributed by atoms with Crippen LogP contribution >= 0.6 is 11.6 Å². The van der Waals surface area contributed by atoms with Crippen molar-refractivity contribution in [1.29, 1.82) is 0 Å². The molecule has 1 rings (SSSR count). The molecule has 0 saturated carbocycles. The Morgan fingerprint density at radius 2 is 1.53 bits per heavy atom. The van der Waals surface area contributed by atoms with Crippen LogP contribution in [0.5, 0.6) is 5.75 Å². The highest BCUT2D eigenvalue weighted by Crippen LogP contribution is 2.39. The van der Waals surface area contributed by atoms with Gasteiger partial charge in [-0.1, -0.05) is 11.6 Å². The number of alkyl halides is 5. The Balaban J connectivity index is 3.12. The molecule has 0 atom stereocenters. The van der Waals surface area contributed by atoms with E-state index >= 15 is 0 Å². The van der Waals surface area contributed by atoms with Crippen molar-refractivity contribution >= 4 is 11.6 Å². The third-order valence-electron chi connectivity index (χ3n) is 1.53. The first-order valence-corrected chi connectivity index (χ1v) is 4.20. The number of hydrogen-bond acceptors (Lipinski definition) is 1. The molecule has 0 bridgehead atoms. The van der Waals surface area contributed by atoms with Gasteiger partial charge in [0, 0.05) is 6.07 Å². The molecule has 0 aromatic heterocycles. The number of rotatable bonds is 2. The van der Waals surface area contributed by atoms with Gasteiger partial charge in [0.2, 0.25) is 0 Å². The van der Waals surface area contributed by atoms with E-state index in [0.717, 1.165) is 0 Å². The van der Waals surface area contributed by atoms with Crippen LogP contribution in [0.3, 0.4) is 0 Å². The van der Waals surface area contributed by atoms with Gasteiger partial charge < -0.3 is 4.74 Å². The summed E-state index contributed by atoms with van der Waals surface area (Å²) in [7, 11) is 0. The zero-order valence-electron chi connectivity index (χ0n) is 7.59. The van der Waals surface area contributed by atoms with E-state index in [1.54, 1.807) is 0 Å². The van der Waals surface area contributed by atoms with E-state index in [1.165, 1.54) is 0 Å². The Bertz CT molecular complexity index is 429. The highest BCUT2D eigenvalue weighted by Gasteiger charge is 2.61. The van der Waals surface area contributed by atoms with Crippen LogP contribution in [0.1, 0.15) is 0 Å². The largest absolute Gasteiger partial charge is 0.499 e. The van der Waals surface area contributed by atoms with Gasteiger partial charge >= 0.3 is 12.3 Å². The van der Waals surface area contributed by atoms with Gasteiger partial charge in [-0.15, -0.1) is 0 Å². The Labute approximate surface area is 94.7 Å². The van der Waals surface area contributed by atoms with E-state index in [4.69, 9.17) is 11.6 Å². The lowest BCUT2D eigenvalue weighted by molar-refractivity contribution is -0.361. The second kappa shape index (κ2) is 4.25. The summed E-state index contributed by atoms with van der Waals surface area (Å²) in [4.78, 5) is 0. The van der Waals surface area contributed by atoms with Crippen molar-refractivity contribution < 1.29 is 35.5 Å². The van der Waals surface area contributed by atoms with Crippen LogP contribution in [-0.2, 0) is 0 Å². The van der Waals surface area contributed by atoms with Gasteiger partial charge in [-0.3, -0.25) is 0 Å². The molecular formula is C8H2ClF7O. The van der Waals surface area contributed by atoms with Crippen LogP contribution in [0.2, 0.25) is 5.02 Å². The molecule has 0 amide bonds. The molecule has 1 nitrogen and oxygen atoms in total. The summed E-state index contributed by atoms with van der Waals surface area (Å²) in [5.41, 5.74) is 0. The monoisotopic (exact) mass is 282 g/mol. The minimum Gasteiger partial charge on any atom is -0.422 e. The second-order valence-corrected chi connectivity index (χ2v) is 3.22. The molecular weight excluding hydrogens is 281 g/mol. The summed E-state index contributed by atoms with van der Waals surface area (Å²) in [5, 5.41) is -0.974. The zero-order valence-corrected chi connectivity index (χ0v) is 8.34. The predicted octanol–water partition coefficient (Wildman–Crippen LogP) is 4.15. The van der Waals surface area contributed by atoms with Crippen LogP contribution in [-0.4, -0.2) is 12.3 Å². The maximum atomic E-state index is 13.0. The fourth-order valence-electron chi connectivity index (χ4n) is 0.803. The summed E-state index contributed by atoms with van der Waals surface area (Å²) in [6, 6.07) is 0.427. The van der Waals surface area contributed by atoms with Gasteiger partial charge in [0.1, 0.15) is 5.82 Å². The summed E-state index contributed by atoms with van der Waals surface area (Å²) in [5.74, 6) is -4.65. The zero-order chi connectivity index (χ0) is 13.4. The molecule has 0 aliphatic carbocycles. The summed E-state index contributed by atoms with van der Waals surface area (Å²) >= 11 is 5.04. The van der Waals surface area contributed by atoms with Gasteiger partial charge in [-0.05, 0) is 6.07 Å². The molecule has 1 aromatic carbocycles. The van der Waals surface area contributed by atoms with E-state index in [9.17, 15) is 30.7 Å². The Morgan fingerprint density at radius 1 is 1.00 bits per heavy atom. The van der Waals surface area contributed by atoms with Gasteiger partial charge in [0.25, 0.3) is 0 Å². The van der Waals surface area contributed by atoms with Crippen LogP contribution in [0.25, 0.3) is 0 Å². The smallest absolute Gasteiger partial charge is 0.422 e. The first kappa shape index (κ1) is 13.9. The molecule has 0 N–H and O–H groups in total. The van der Waals surface area contributed by atoms with E-state index < -0.39 is 34.7 Å².